The normalized spacial score (nSPS) is 10.4. The molecule has 1 heterocycles. The van der Waals surface area contributed by atoms with E-state index in [1.807, 2.05) is 13.0 Å². The highest BCUT2D eigenvalue weighted by Gasteiger charge is 2.04. The Hall–Kier alpha value is -1.62. The monoisotopic (exact) mass is 309 g/mol. The van der Waals surface area contributed by atoms with Crippen molar-refractivity contribution in [2.45, 2.75) is 13.5 Å². The third kappa shape index (κ3) is 2.98. The van der Waals surface area contributed by atoms with Crippen molar-refractivity contribution in [3.63, 3.8) is 0 Å². The molecule has 0 atom stereocenters. The van der Waals surface area contributed by atoms with Gasteiger partial charge in [-0.05, 0) is 42.3 Å². The maximum atomic E-state index is 13.1. The zero-order valence-electron chi connectivity index (χ0n) is 9.87. The van der Waals surface area contributed by atoms with Gasteiger partial charge in [-0.3, -0.25) is 0 Å². The quantitative estimate of drug-likeness (QED) is 0.912. The fraction of sp³-hybridized carbons (Fsp3) is 0.154. The van der Waals surface area contributed by atoms with Crippen molar-refractivity contribution in [3.05, 3.63) is 51.9 Å². The first-order valence-corrected chi connectivity index (χ1v) is 6.25. The van der Waals surface area contributed by atoms with Crippen LogP contribution < -0.4 is 11.1 Å². The summed E-state index contributed by atoms with van der Waals surface area (Å²) in [6.07, 6.45) is 1.74. The minimum atomic E-state index is -0.264. The van der Waals surface area contributed by atoms with Crippen molar-refractivity contribution >= 4 is 27.4 Å². The van der Waals surface area contributed by atoms with Crippen LogP contribution in [0.3, 0.4) is 0 Å². The minimum Gasteiger partial charge on any atom is -0.396 e. The molecule has 0 aliphatic rings. The summed E-state index contributed by atoms with van der Waals surface area (Å²) in [7, 11) is 0. The molecule has 0 aliphatic carbocycles. The van der Waals surface area contributed by atoms with Gasteiger partial charge in [-0.15, -0.1) is 0 Å². The molecule has 3 N–H and O–H groups in total. The lowest BCUT2D eigenvalue weighted by Gasteiger charge is -2.10. The molecule has 0 amide bonds. The SMILES string of the molecule is Cc1cnc(NCc2cc(F)ccc2Br)c(N)c1. The predicted molar refractivity (Wildman–Crippen MR) is 74.8 cm³/mol. The second-order valence-corrected chi connectivity index (χ2v) is 4.89. The van der Waals surface area contributed by atoms with Crippen LogP contribution in [0.2, 0.25) is 0 Å². The smallest absolute Gasteiger partial charge is 0.149 e. The lowest BCUT2D eigenvalue weighted by atomic mass is 10.2. The van der Waals surface area contributed by atoms with Crippen LogP contribution in [0.1, 0.15) is 11.1 Å². The Morgan fingerprint density at radius 1 is 1.39 bits per heavy atom. The number of hydrogen-bond donors (Lipinski definition) is 2. The van der Waals surface area contributed by atoms with E-state index in [-0.39, 0.29) is 5.82 Å². The van der Waals surface area contributed by atoms with E-state index in [1.165, 1.54) is 12.1 Å². The van der Waals surface area contributed by atoms with Gasteiger partial charge in [0.05, 0.1) is 5.69 Å². The number of pyridine rings is 1. The third-order valence-electron chi connectivity index (χ3n) is 2.51. The average Bonchev–Trinajstić information content (AvgIpc) is 2.32. The number of nitrogen functional groups attached to an aromatic ring is 1. The van der Waals surface area contributed by atoms with Crippen LogP contribution in [0.25, 0.3) is 0 Å². The van der Waals surface area contributed by atoms with Crippen LogP contribution in [0, 0.1) is 12.7 Å². The number of nitrogens with one attached hydrogen (secondary N) is 1. The molecule has 1 aromatic carbocycles. The molecule has 5 heteroatoms. The van der Waals surface area contributed by atoms with E-state index in [9.17, 15) is 4.39 Å². The van der Waals surface area contributed by atoms with Gasteiger partial charge < -0.3 is 11.1 Å². The Morgan fingerprint density at radius 3 is 2.89 bits per heavy atom. The van der Waals surface area contributed by atoms with Gasteiger partial charge in [0.25, 0.3) is 0 Å². The molecular weight excluding hydrogens is 297 g/mol. The second-order valence-electron chi connectivity index (χ2n) is 4.04. The van der Waals surface area contributed by atoms with Gasteiger partial charge in [0.15, 0.2) is 0 Å². The van der Waals surface area contributed by atoms with Gasteiger partial charge in [0.2, 0.25) is 0 Å². The summed E-state index contributed by atoms with van der Waals surface area (Å²) >= 11 is 3.38. The molecule has 0 unspecified atom stereocenters. The maximum Gasteiger partial charge on any atom is 0.149 e. The van der Waals surface area contributed by atoms with Crippen LogP contribution in [0.15, 0.2) is 34.9 Å². The first-order chi connectivity index (χ1) is 8.56. The van der Waals surface area contributed by atoms with Crippen molar-refractivity contribution in [3.8, 4) is 0 Å². The summed E-state index contributed by atoms with van der Waals surface area (Å²) < 4.78 is 14.0. The summed E-state index contributed by atoms with van der Waals surface area (Å²) in [5.74, 6) is 0.344. The zero-order valence-corrected chi connectivity index (χ0v) is 11.5. The van der Waals surface area contributed by atoms with Gasteiger partial charge in [0.1, 0.15) is 11.6 Å². The molecule has 0 spiro atoms. The van der Waals surface area contributed by atoms with Crippen molar-refractivity contribution < 1.29 is 4.39 Å². The fourth-order valence-electron chi connectivity index (χ4n) is 1.60. The third-order valence-corrected chi connectivity index (χ3v) is 3.28. The van der Waals surface area contributed by atoms with Crippen LogP contribution in [0.5, 0.6) is 0 Å². The Kier molecular flexibility index (Phi) is 3.81. The molecule has 2 aromatic rings. The average molecular weight is 310 g/mol. The van der Waals surface area contributed by atoms with E-state index in [1.54, 1.807) is 12.3 Å². The van der Waals surface area contributed by atoms with Gasteiger partial charge in [-0.25, -0.2) is 9.37 Å². The number of nitrogens with two attached hydrogens (primary N) is 1. The Balaban J connectivity index is 2.13. The van der Waals surface area contributed by atoms with Crippen LogP contribution in [0.4, 0.5) is 15.9 Å². The van der Waals surface area contributed by atoms with E-state index in [0.29, 0.717) is 18.1 Å². The molecule has 1 aromatic heterocycles. The Morgan fingerprint density at radius 2 is 2.17 bits per heavy atom. The Labute approximate surface area is 113 Å². The second kappa shape index (κ2) is 5.35. The minimum absolute atomic E-state index is 0.264. The lowest BCUT2D eigenvalue weighted by Crippen LogP contribution is -2.05. The first-order valence-electron chi connectivity index (χ1n) is 5.46. The summed E-state index contributed by atoms with van der Waals surface area (Å²) in [6.45, 7) is 2.38. The van der Waals surface area contributed by atoms with Crippen molar-refractivity contribution in [1.29, 1.82) is 0 Å². The zero-order chi connectivity index (χ0) is 13.1. The van der Waals surface area contributed by atoms with Crippen molar-refractivity contribution in [2.75, 3.05) is 11.1 Å². The van der Waals surface area contributed by atoms with E-state index in [0.717, 1.165) is 15.6 Å². The van der Waals surface area contributed by atoms with Crippen molar-refractivity contribution in [2.24, 2.45) is 0 Å². The van der Waals surface area contributed by atoms with Gasteiger partial charge in [-0.1, -0.05) is 15.9 Å². The number of rotatable bonds is 3. The van der Waals surface area contributed by atoms with E-state index in [2.05, 4.69) is 26.2 Å². The van der Waals surface area contributed by atoms with Crippen LogP contribution in [-0.4, -0.2) is 4.98 Å². The molecule has 18 heavy (non-hydrogen) atoms. The molecule has 0 saturated heterocycles. The number of aromatic nitrogens is 1. The van der Waals surface area contributed by atoms with Crippen LogP contribution >= 0.6 is 15.9 Å². The highest BCUT2D eigenvalue weighted by molar-refractivity contribution is 9.10. The summed E-state index contributed by atoms with van der Waals surface area (Å²) in [5.41, 5.74) is 8.25. The van der Waals surface area contributed by atoms with E-state index in [4.69, 9.17) is 5.73 Å². The molecule has 0 fully saturated rings. The van der Waals surface area contributed by atoms with E-state index < -0.39 is 0 Å². The molecule has 0 saturated carbocycles. The summed E-state index contributed by atoms with van der Waals surface area (Å²) in [6, 6.07) is 6.40. The van der Waals surface area contributed by atoms with Gasteiger partial charge in [0, 0.05) is 17.2 Å². The molecular formula is C13H13BrFN3. The number of hydrogen-bond acceptors (Lipinski definition) is 3. The molecule has 3 nitrogen and oxygen atoms in total. The van der Waals surface area contributed by atoms with Gasteiger partial charge in [-0.2, -0.15) is 0 Å². The highest BCUT2D eigenvalue weighted by atomic mass is 79.9. The molecule has 0 bridgehead atoms. The largest absolute Gasteiger partial charge is 0.396 e. The molecule has 2 rings (SSSR count). The van der Waals surface area contributed by atoms with Crippen molar-refractivity contribution in [1.82, 2.24) is 4.98 Å². The summed E-state index contributed by atoms with van der Waals surface area (Å²) in [4.78, 5) is 4.20. The fourth-order valence-corrected chi connectivity index (χ4v) is 1.98. The number of nitrogens with zero attached hydrogens (tertiary/aromatic N) is 1. The highest BCUT2D eigenvalue weighted by Crippen LogP contribution is 2.21. The van der Waals surface area contributed by atoms with E-state index >= 15 is 0 Å². The number of aryl methyl sites for hydroxylation is 1. The topological polar surface area (TPSA) is 50.9 Å². The molecule has 0 radical (unpaired) electrons. The molecule has 0 aliphatic heterocycles. The predicted octanol–water partition coefficient (Wildman–Crippen LogP) is 3.49. The first kappa shape index (κ1) is 12.8. The lowest BCUT2D eigenvalue weighted by molar-refractivity contribution is 0.625. The number of halogens is 2. The number of anilines is 2. The molecule has 94 valence electrons. The van der Waals surface area contributed by atoms with Crippen LogP contribution in [-0.2, 0) is 6.54 Å². The number of benzene rings is 1. The standard InChI is InChI=1S/C13H13BrFN3/c1-8-4-12(16)13(17-6-8)18-7-9-5-10(15)2-3-11(9)14/h2-6H,7,16H2,1H3,(H,17,18). The van der Waals surface area contributed by atoms with Gasteiger partial charge >= 0.3 is 0 Å². The Bertz CT molecular complexity index is 572. The maximum absolute atomic E-state index is 13.1. The summed E-state index contributed by atoms with van der Waals surface area (Å²) in [5, 5.41) is 3.09.